The molecule has 0 unspecified atom stereocenters. The number of amides is 1. The van der Waals surface area contributed by atoms with Crippen LogP contribution in [0.2, 0.25) is 5.28 Å². The van der Waals surface area contributed by atoms with Crippen LogP contribution < -0.4 is 5.32 Å². The predicted octanol–water partition coefficient (Wildman–Crippen LogP) is 2.10. The summed E-state index contributed by atoms with van der Waals surface area (Å²) in [6, 6.07) is 1.86. The van der Waals surface area contributed by atoms with Crippen molar-refractivity contribution in [3.63, 3.8) is 0 Å². The van der Waals surface area contributed by atoms with E-state index < -0.39 is 0 Å². The summed E-state index contributed by atoms with van der Waals surface area (Å²) in [4.78, 5) is 20.4. The summed E-state index contributed by atoms with van der Waals surface area (Å²) >= 11 is 5.91. The lowest BCUT2D eigenvalue weighted by atomic mass is 9.94. The molecule has 2 aliphatic rings. The molecule has 1 aliphatic carbocycles. The summed E-state index contributed by atoms with van der Waals surface area (Å²) in [5, 5.41) is 4.11. The molecule has 98 valence electrons. The average Bonchev–Trinajstić information content (AvgIpc) is 2.99. The lowest BCUT2D eigenvalue weighted by Gasteiger charge is -2.36. The van der Waals surface area contributed by atoms with Crippen molar-refractivity contribution in [3.8, 4) is 0 Å². The van der Waals surface area contributed by atoms with Gasteiger partial charge in [0.1, 0.15) is 11.3 Å². The van der Waals surface area contributed by atoms with Crippen molar-refractivity contribution < 1.29 is 4.79 Å². The molecule has 2 aromatic heterocycles. The lowest BCUT2D eigenvalue weighted by molar-refractivity contribution is 0.0876. The van der Waals surface area contributed by atoms with Gasteiger partial charge in [-0.2, -0.15) is 4.98 Å². The molecule has 3 heterocycles. The van der Waals surface area contributed by atoms with E-state index in [-0.39, 0.29) is 16.7 Å². The number of carbonyl (C=O) groups excluding carboxylic acids is 1. The second kappa shape index (κ2) is 3.70. The molecule has 0 bridgehead atoms. The van der Waals surface area contributed by atoms with Crippen LogP contribution in [0.5, 0.6) is 0 Å². The van der Waals surface area contributed by atoms with Crippen LogP contribution >= 0.6 is 11.6 Å². The van der Waals surface area contributed by atoms with E-state index in [0.29, 0.717) is 12.2 Å². The van der Waals surface area contributed by atoms with Gasteiger partial charge in [0, 0.05) is 18.1 Å². The van der Waals surface area contributed by atoms with E-state index >= 15 is 0 Å². The van der Waals surface area contributed by atoms with Gasteiger partial charge >= 0.3 is 0 Å². The normalized spacial score (nSPS) is 20.8. The Kier molecular flexibility index (Phi) is 2.18. The van der Waals surface area contributed by atoms with E-state index in [4.69, 9.17) is 11.6 Å². The zero-order chi connectivity index (χ0) is 13.0. The van der Waals surface area contributed by atoms with E-state index in [1.54, 1.807) is 6.20 Å². The molecule has 1 spiro atoms. The van der Waals surface area contributed by atoms with Crippen LogP contribution in [0, 0.1) is 0 Å². The molecule has 2 aromatic rings. The Balaban J connectivity index is 2.06. The van der Waals surface area contributed by atoms with Crippen LogP contribution in [0.15, 0.2) is 12.3 Å². The molecule has 4 rings (SSSR count). The standard InChI is InChI=1S/C13H13ClN4O/c14-12-15-6-8-5-9-11(19)16-7-13(3-1-2-4-13)18(9)10(8)17-12/h5-6H,1-4,7H2,(H,16,19). The molecule has 6 heteroatoms. The zero-order valence-corrected chi connectivity index (χ0v) is 11.1. The van der Waals surface area contributed by atoms with Gasteiger partial charge in [0.05, 0.1) is 5.54 Å². The summed E-state index contributed by atoms with van der Waals surface area (Å²) in [5.74, 6) is -0.0355. The van der Waals surface area contributed by atoms with Crippen molar-refractivity contribution in [2.45, 2.75) is 31.2 Å². The van der Waals surface area contributed by atoms with Gasteiger partial charge in [-0.25, -0.2) is 4.98 Å². The van der Waals surface area contributed by atoms with Crippen LogP contribution in [-0.4, -0.2) is 27.0 Å². The highest BCUT2D eigenvalue weighted by Gasteiger charge is 2.42. The predicted molar refractivity (Wildman–Crippen MR) is 71.3 cm³/mol. The quantitative estimate of drug-likeness (QED) is 0.750. The van der Waals surface area contributed by atoms with Gasteiger partial charge in [-0.1, -0.05) is 12.8 Å². The number of hydrogen-bond acceptors (Lipinski definition) is 3. The first-order chi connectivity index (χ1) is 9.20. The number of hydrogen-bond donors (Lipinski definition) is 1. The highest BCUT2D eigenvalue weighted by Crippen LogP contribution is 2.41. The SMILES string of the molecule is O=C1NCC2(CCCC2)n2c1cc1cnc(Cl)nc12. The van der Waals surface area contributed by atoms with Crippen molar-refractivity contribution in [1.82, 2.24) is 19.9 Å². The third-order valence-electron chi connectivity index (χ3n) is 4.33. The summed E-state index contributed by atoms with van der Waals surface area (Å²) in [7, 11) is 0. The molecule has 0 aromatic carbocycles. The van der Waals surface area contributed by atoms with Crippen LogP contribution in [0.3, 0.4) is 0 Å². The summed E-state index contributed by atoms with van der Waals surface area (Å²) in [6.07, 6.45) is 6.21. The zero-order valence-electron chi connectivity index (χ0n) is 10.3. The number of halogens is 1. The molecule has 1 saturated carbocycles. The van der Waals surface area contributed by atoms with Gasteiger partial charge in [-0.15, -0.1) is 0 Å². The van der Waals surface area contributed by atoms with E-state index in [2.05, 4.69) is 19.9 Å². The van der Waals surface area contributed by atoms with Crippen molar-refractivity contribution in [1.29, 1.82) is 0 Å². The van der Waals surface area contributed by atoms with E-state index in [1.807, 2.05) is 6.07 Å². The van der Waals surface area contributed by atoms with Crippen molar-refractivity contribution in [3.05, 3.63) is 23.2 Å². The number of rotatable bonds is 0. The molecular weight excluding hydrogens is 264 g/mol. The highest BCUT2D eigenvalue weighted by molar-refractivity contribution is 6.28. The molecule has 0 radical (unpaired) electrons. The molecule has 0 atom stereocenters. The van der Waals surface area contributed by atoms with E-state index in [0.717, 1.165) is 23.9 Å². The Morgan fingerprint density at radius 3 is 2.95 bits per heavy atom. The van der Waals surface area contributed by atoms with Crippen LogP contribution in [0.4, 0.5) is 0 Å². The Morgan fingerprint density at radius 1 is 1.37 bits per heavy atom. The number of nitrogens with one attached hydrogen (secondary N) is 1. The smallest absolute Gasteiger partial charge is 0.268 e. The Hall–Kier alpha value is -1.62. The molecule has 0 saturated heterocycles. The van der Waals surface area contributed by atoms with Crippen LogP contribution in [0.1, 0.15) is 36.2 Å². The molecule has 1 aliphatic heterocycles. The third-order valence-corrected chi connectivity index (χ3v) is 4.51. The Bertz CT molecular complexity index is 687. The number of aromatic nitrogens is 3. The van der Waals surface area contributed by atoms with Gasteiger partial charge < -0.3 is 9.88 Å². The first-order valence-corrected chi connectivity index (χ1v) is 6.90. The minimum atomic E-state index is -0.0355. The fraction of sp³-hybridized carbons (Fsp3) is 0.462. The Morgan fingerprint density at radius 2 is 2.16 bits per heavy atom. The third kappa shape index (κ3) is 1.45. The maximum absolute atomic E-state index is 12.1. The fourth-order valence-corrected chi connectivity index (χ4v) is 3.59. The first kappa shape index (κ1) is 11.2. The second-order valence-corrected chi connectivity index (χ2v) is 5.74. The maximum atomic E-state index is 12.1. The number of fused-ring (bicyclic) bond motifs is 4. The maximum Gasteiger partial charge on any atom is 0.268 e. The largest absolute Gasteiger partial charge is 0.348 e. The van der Waals surface area contributed by atoms with Gasteiger partial charge in [-0.05, 0) is 30.5 Å². The summed E-state index contributed by atoms with van der Waals surface area (Å²) in [5.41, 5.74) is 1.44. The van der Waals surface area contributed by atoms with Crippen LogP contribution in [-0.2, 0) is 5.54 Å². The highest BCUT2D eigenvalue weighted by atomic mass is 35.5. The fourth-order valence-electron chi connectivity index (χ4n) is 3.46. The monoisotopic (exact) mass is 276 g/mol. The van der Waals surface area contributed by atoms with E-state index in [1.165, 1.54) is 12.8 Å². The number of nitrogens with zero attached hydrogens (tertiary/aromatic N) is 3. The first-order valence-electron chi connectivity index (χ1n) is 6.52. The van der Waals surface area contributed by atoms with Crippen molar-refractivity contribution in [2.75, 3.05) is 6.54 Å². The molecule has 19 heavy (non-hydrogen) atoms. The summed E-state index contributed by atoms with van der Waals surface area (Å²) in [6.45, 7) is 0.685. The lowest BCUT2D eigenvalue weighted by Crippen LogP contribution is -2.50. The second-order valence-electron chi connectivity index (χ2n) is 5.40. The molecule has 1 N–H and O–H groups in total. The number of carbonyl (C=O) groups is 1. The summed E-state index contributed by atoms with van der Waals surface area (Å²) < 4.78 is 2.10. The van der Waals surface area contributed by atoms with Crippen LogP contribution in [0.25, 0.3) is 11.0 Å². The van der Waals surface area contributed by atoms with Crippen molar-refractivity contribution >= 4 is 28.5 Å². The van der Waals surface area contributed by atoms with Gasteiger partial charge in [0.25, 0.3) is 5.91 Å². The molecule has 1 fully saturated rings. The minimum Gasteiger partial charge on any atom is -0.348 e. The minimum absolute atomic E-state index is 0.0251. The Labute approximate surface area is 115 Å². The average molecular weight is 277 g/mol. The topological polar surface area (TPSA) is 59.8 Å². The van der Waals surface area contributed by atoms with E-state index in [9.17, 15) is 4.79 Å². The molecule has 5 nitrogen and oxygen atoms in total. The molecule has 1 amide bonds. The van der Waals surface area contributed by atoms with Crippen molar-refractivity contribution in [2.24, 2.45) is 0 Å². The molecular formula is C13H13ClN4O. The van der Waals surface area contributed by atoms with Gasteiger partial charge in [-0.3, -0.25) is 4.79 Å². The van der Waals surface area contributed by atoms with Gasteiger partial charge in [0.15, 0.2) is 0 Å². The van der Waals surface area contributed by atoms with Gasteiger partial charge in [0.2, 0.25) is 5.28 Å².